The van der Waals surface area contributed by atoms with Crippen molar-refractivity contribution >= 4 is 5.78 Å². The van der Waals surface area contributed by atoms with Gasteiger partial charge in [-0.3, -0.25) is 4.79 Å². The van der Waals surface area contributed by atoms with E-state index < -0.39 is 6.10 Å². The van der Waals surface area contributed by atoms with Gasteiger partial charge in [-0.1, -0.05) is 0 Å². The van der Waals surface area contributed by atoms with Gasteiger partial charge in [0.15, 0.2) is 0 Å². The summed E-state index contributed by atoms with van der Waals surface area (Å²) in [6, 6.07) is 0. The van der Waals surface area contributed by atoms with Crippen LogP contribution in [0.5, 0.6) is 0 Å². The predicted molar refractivity (Wildman–Crippen MR) is 34.8 cm³/mol. The van der Waals surface area contributed by atoms with Crippen LogP contribution >= 0.6 is 0 Å². The van der Waals surface area contributed by atoms with Crippen molar-refractivity contribution in [2.75, 3.05) is 0 Å². The van der Waals surface area contributed by atoms with Gasteiger partial charge in [0.05, 0.1) is 6.10 Å². The molecule has 0 aromatic carbocycles. The van der Waals surface area contributed by atoms with Gasteiger partial charge in [-0.05, 0) is 13.8 Å². The fraction of sp³-hybridized carbons (Fsp3) is 0.571. The third-order valence-electron chi connectivity index (χ3n) is 0.583. The molecule has 0 saturated carbocycles. The number of carbonyl (C=O) groups is 1. The summed E-state index contributed by atoms with van der Waals surface area (Å²) in [6.45, 7) is 12.1. The van der Waals surface area contributed by atoms with E-state index in [9.17, 15) is 4.79 Å². The zero-order chi connectivity index (χ0) is 9.86. The topological polar surface area (TPSA) is 77.1 Å². The van der Waals surface area contributed by atoms with E-state index in [4.69, 9.17) is 14.4 Å². The number of rotatable bonds is 2. The molecule has 0 fully saturated rings. The Labute approximate surface area is 84.5 Å². The van der Waals surface area contributed by atoms with Crippen molar-refractivity contribution < 1.29 is 38.7 Å². The van der Waals surface area contributed by atoms with Gasteiger partial charge >= 0.3 is 22.6 Å². The molecular weight excluding hydrogens is 251 g/mol. The molecular formula is C7H10O4Rh. The van der Waals surface area contributed by atoms with E-state index in [0.29, 0.717) is 0 Å². The van der Waals surface area contributed by atoms with Crippen molar-refractivity contribution in [3.8, 4) is 0 Å². The van der Waals surface area contributed by atoms with E-state index in [0.717, 1.165) is 0 Å². The van der Waals surface area contributed by atoms with Crippen LogP contribution in [0.4, 0.5) is 0 Å². The molecule has 0 saturated heterocycles. The molecule has 1 radical (unpaired) electrons. The minimum absolute atomic E-state index is 0. The predicted octanol–water partition coefficient (Wildman–Crippen LogP) is 0.269. The van der Waals surface area contributed by atoms with Crippen LogP contribution in [0, 0.1) is 13.3 Å². The van der Waals surface area contributed by atoms with Gasteiger partial charge in [-0.15, -0.1) is 0 Å². The summed E-state index contributed by atoms with van der Waals surface area (Å²) in [5.41, 5.74) is 0. The first-order valence-electron chi connectivity index (χ1n) is 2.71. The maximum Gasteiger partial charge on any atom is 0 e. The van der Waals surface area contributed by atoms with Crippen molar-refractivity contribution in [1.82, 2.24) is 0 Å². The van der Waals surface area contributed by atoms with Crippen LogP contribution in [0.1, 0.15) is 20.3 Å². The Morgan fingerprint density at radius 1 is 1.42 bits per heavy atom. The van der Waals surface area contributed by atoms with E-state index in [-0.39, 0.29) is 31.7 Å². The number of hydrogen-bond donors (Lipinski definition) is 1. The second kappa shape index (κ2) is 22.4. The van der Waals surface area contributed by atoms with Crippen LogP contribution in [0.15, 0.2) is 0 Å². The normalized spacial score (nSPS) is 8.25. The Balaban J connectivity index is -0.0000000560. The summed E-state index contributed by atoms with van der Waals surface area (Å²) in [6.07, 6.45) is -0.197. The van der Waals surface area contributed by atoms with Crippen molar-refractivity contribution in [2.24, 2.45) is 0 Å². The standard InChI is InChI=1S/C5H10O2.2CO.Rh/c1-4(6)3-5(2)7;2*1-2;/h4,6H,3H2,1-2H3;;;. The Hall–Kier alpha value is -0.267. The van der Waals surface area contributed by atoms with Crippen LogP contribution in [0.3, 0.4) is 0 Å². The van der Waals surface area contributed by atoms with Crippen LogP contribution in [0.25, 0.3) is 0 Å². The van der Waals surface area contributed by atoms with Crippen molar-refractivity contribution in [2.45, 2.75) is 26.4 Å². The Morgan fingerprint density at radius 2 is 1.67 bits per heavy atom. The summed E-state index contributed by atoms with van der Waals surface area (Å²) >= 11 is 0. The quantitative estimate of drug-likeness (QED) is 0.440. The zero-order valence-electron chi connectivity index (χ0n) is 6.79. The Morgan fingerprint density at radius 3 is 1.67 bits per heavy atom. The number of aliphatic hydroxyl groups is 1. The molecule has 0 bridgehead atoms. The van der Waals surface area contributed by atoms with Crippen LogP contribution in [-0.4, -0.2) is 17.0 Å². The molecule has 0 spiro atoms. The first kappa shape index (κ1) is 22.6. The van der Waals surface area contributed by atoms with Crippen LogP contribution in [-0.2, 0) is 33.6 Å². The molecule has 71 valence electrons. The monoisotopic (exact) mass is 261 g/mol. The third kappa shape index (κ3) is 53.3. The van der Waals surface area contributed by atoms with Crippen LogP contribution in [0.2, 0.25) is 0 Å². The molecule has 4 nitrogen and oxygen atoms in total. The first-order chi connectivity index (χ1) is 5.13. The van der Waals surface area contributed by atoms with Crippen molar-refractivity contribution in [3.05, 3.63) is 13.3 Å². The Bertz CT molecular complexity index is 122. The summed E-state index contributed by atoms with van der Waals surface area (Å²) in [5, 5.41) is 8.50. The summed E-state index contributed by atoms with van der Waals surface area (Å²) in [4.78, 5) is 10.1. The van der Waals surface area contributed by atoms with E-state index in [1.807, 2.05) is 0 Å². The van der Waals surface area contributed by atoms with Gasteiger partial charge in [-0.25, -0.2) is 0 Å². The fourth-order valence-electron chi connectivity index (χ4n) is 0.416. The van der Waals surface area contributed by atoms with Gasteiger partial charge in [0.25, 0.3) is 0 Å². The first-order valence-corrected chi connectivity index (χ1v) is 2.71. The molecule has 0 aliphatic carbocycles. The van der Waals surface area contributed by atoms with E-state index in [1.165, 1.54) is 6.92 Å². The molecule has 0 aliphatic rings. The second-order valence-electron chi connectivity index (χ2n) is 1.76. The molecule has 1 unspecified atom stereocenters. The molecule has 0 aliphatic heterocycles. The average molecular weight is 261 g/mol. The smallest absolute Gasteiger partial charge is 0 e. The maximum absolute atomic E-state index is 10.1. The number of ketones is 1. The van der Waals surface area contributed by atoms with E-state index >= 15 is 0 Å². The number of carbonyl (C=O) groups excluding carboxylic acids is 1. The fourth-order valence-corrected chi connectivity index (χ4v) is 0.416. The van der Waals surface area contributed by atoms with Gasteiger partial charge in [-0.2, -0.15) is 0 Å². The number of hydrogen-bond acceptors (Lipinski definition) is 2. The third-order valence-corrected chi connectivity index (χ3v) is 0.583. The zero-order valence-corrected chi connectivity index (χ0v) is 8.43. The number of aliphatic hydroxyl groups excluding tert-OH is 1. The van der Waals surface area contributed by atoms with Gasteiger partial charge < -0.3 is 5.11 Å². The maximum atomic E-state index is 10.1. The molecule has 0 aromatic rings. The molecule has 12 heavy (non-hydrogen) atoms. The van der Waals surface area contributed by atoms with Gasteiger partial charge in [0, 0.05) is 25.9 Å². The van der Waals surface area contributed by atoms with Gasteiger partial charge in [0.2, 0.25) is 0 Å². The molecule has 1 atom stereocenters. The molecule has 0 heterocycles. The summed E-state index contributed by atoms with van der Waals surface area (Å²) in [5.74, 6) is 0.0370. The SMILES string of the molecule is CC(=O)CC(C)O.[C-]#[O+].[C-]#[O+].[Rh]. The van der Waals surface area contributed by atoms with Crippen molar-refractivity contribution in [3.63, 3.8) is 0 Å². The molecule has 0 rings (SSSR count). The summed E-state index contributed by atoms with van der Waals surface area (Å²) < 4.78 is 15.0. The number of Topliss-reactive ketones (excluding diaryl/α,β-unsaturated/α-hetero) is 1. The minimum atomic E-state index is -0.475. The summed E-state index contributed by atoms with van der Waals surface area (Å²) in [7, 11) is 0. The second-order valence-corrected chi connectivity index (χ2v) is 1.76. The molecule has 1 N–H and O–H groups in total. The largest absolute Gasteiger partial charge is 0 e. The van der Waals surface area contributed by atoms with Crippen LogP contribution < -0.4 is 0 Å². The van der Waals surface area contributed by atoms with Crippen molar-refractivity contribution in [1.29, 1.82) is 0 Å². The van der Waals surface area contributed by atoms with E-state index in [1.54, 1.807) is 6.92 Å². The average Bonchev–Trinajstić information content (AvgIpc) is 1.93. The minimum Gasteiger partial charge on any atom is 0 e. The van der Waals surface area contributed by atoms with Gasteiger partial charge in [0.1, 0.15) is 5.78 Å². The Kier molecular flexibility index (Phi) is 42.2. The molecule has 0 aromatic heterocycles. The molecule has 0 amide bonds. The molecule has 5 heteroatoms. The van der Waals surface area contributed by atoms with E-state index in [2.05, 4.69) is 13.3 Å².